The van der Waals surface area contributed by atoms with E-state index in [2.05, 4.69) is 20.8 Å². The number of anilines is 1. The molecular weight excluding hydrogens is 340 g/mol. The topological polar surface area (TPSA) is 40.6 Å². The lowest BCUT2D eigenvalue weighted by atomic mass is 9.91. The summed E-state index contributed by atoms with van der Waals surface area (Å²) < 4.78 is 26.2. The number of benzene rings is 1. The SMILES string of the molecule is CN(C)S(=O)(=O)c1ccccc1N(CCBr)C1CCC1. The van der Waals surface area contributed by atoms with Crippen LogP contribution in [0.4, 0.5) is 5.69 Å². The molecule has 0 spiro atoms. The van der Waals surface area contributed by atoms with Gasteiger partial charge in [0.05, 0.1) is 5.69 Å². The highest BCUT2D eigenvalue weighted by Crippen LogP contribution is 2.34. The summed E-state index contributed by atoms with van der Waals surface area (Å²) in [6, 6.07) is 7.77. The fourth-order valence-electron chi connectivity index (χ4n) is 2.40. The molecule has 1 saturated carbocycles. The number of sulfonamides is 1. The molecule has 0 unspecified atom stereocenters. The molecule has 1 aliphatic carbocycles. The van der Waals surface area contributed by atoms with Crippen LogP contribution in [0.2, 0.25) is 0 Å². The van der Waals surface area contributed by atoms with E-state index in [0.29, 0.717) is 10.9 Å². The zero-order valence-electron chi connectivity index (χ0n) is 11.9. The monoisotopic (exact) mass is 360 g/mol. The van der Waals surface area contributed by atoms with Crippen LogP contribution >= 0.6 is 15.9 Å². The van der Waals surface area contributed by atoms with Gasteiger partial charge in [-0.25, -0.2) is 12.7 Å². The Balaban J connectivity index is 2.45. The van der Waals surface area contributed by atoms with Crippen LogP contribution in [-0.2, 0) is 10.0 Å². The van der Waals surface area contributed by atoms with Crippen molar-refractivity contribution in [2.24, 2.45) is 0 Å². The Kier molecular flexibility index (Phi) is 5.09. The van der Waals surface area contributed by atoms with E-state index in [0.717, 1.165) is 30.4 Å². The summed E-state index contributed by atoms with van der Waals surface area (Å²) in [5, 5.41) is 0.833. The molecular formula is C14H21BrN2O2S. The largest absolute Gasteiger partial charge is 0.367 e. The van der Waals surface area contributed by atoms with Gasteiger partial charge in [-0.15, -0.1) is 0 Å². The predicted molar refractivity (Wildman–Crippen MR) is 86.1 cm³/mol. The number of alkyl halides is 1. The maximum Gasteiger partial charge on any atom is 0.244 e. The van der Waals surface area contributed by atoms with Crippen molar-refractivity contribution in [1.29, 1.82) is 0 Å². The molecule has 0 atom stereocenters. The first-order chi connectivity index (χ1) is 9.48. The lowest BCUT2D eigenvalue weighted by molar-refractivity contribution is 0.389. The molecule has 0 aliphatic heterocycles. The van der Waals surface area contributed by atoms with E-state index in [1.54, 1.807) is 26.2 Å². The minimum Gasteiger partial charge on any atom is -0.367 e. The number of rotatable bonds is 6. The van der Waals surface area contributed by atoms with Gasteiger partial charge in [0.1, 0.15) is 4.90 Å². The molecule has 20 heavy (non-hydrogen) atoms. The van der Waals surface area contributed by atoms with Crippen LogP contribution in [0.15, 0.2) is 29.2 Å². The molecule has 0 heterocycles. The molecule has 112 valence electrons. The summed E-state index contributed by atoms with van der Waals surface area (Å²) in [5.74, 6) is 0. The molecule has 1 aromatic rings. The van der Waals surface area contributed by atoms with Crippen molar-refractivity contribution in [2.45, 2.75) is 30.2 Å². The van der Waals surface area contributed by atoms with E-state index < -0.39 is 10.0 Å². The van der Waals surface area contributed by atoms with E-state index in [9.17, 15) is 8.42 Å². The van der Waals surface area contributed by atoms with E-state index >= 15 is 0 Å². The molecule has 0 N–H and O–H groups in total. The maximum absolute atomic E-state index is 12.5. The maximum atomic E-state index is 12.5. The van der Waals surface area contributed by atoms with Crippen LogP contribution in [-0.4, -0.2) is 44.7 Å². The normalized spacial score (nSPS) is 16.2. The summed E-state index contributed by atoms with van der Waals surface area (Å²) >= 11 is 3.47. The van der Waals surface area contributed by atoms with E-state index in [1.807, 2.05) is 12.1 Å². The van der Waals surface area contributed by atoms with Gasteiger partial charge in [0.2, 0.25) is 10.0 Å². The van der Waals surface area contributed by atoms with Crippen LogP contribution < -0.4 is 4.90 Å². The van der Waals surface area contributed by atoms with Gasteiger partial charge in [0, 0.05) is 32.0 Å². The Bertz CT molecular complexity index is 556. The van der Waals surface area contributed by atoms with Gasteiger partial charge in [-0.2, -0.15) is 0 Å². The molecule has 0 aromatic heterocycles. The van der Waals surface area contributed by atoms with Crippen LogP contribution in [0.5, 0.6) is 0 Å². The van der Waals surface area contributed by atoms with E-state index in [-0.39, 0.29) is 0 Å². The molecule has 1 aromatic carbocycles. The van der Waals surface area contributed by atoms with E-state index in [4.69, 9.17) is 0 Å². The molecule has 0 radical (unpaired) electrons. The predicted octanol–water partition coefficient (Wildman–Crippen LogP) is 2.69. The Morgan fingerprint density at radius 2 is 1.90 bits per heavy atom. The van der Waals surface area contributed by atoms with Gasteiger partial charge >= 0.3 is 0 Å². The van der Waals surface area contributed by atoms with E-state index in [1.165, 1.54) is 10.7 Å². The second kappa shape index (κ2) is 6.45. The third-order valence-electron chi connectivity index (χ3n) is 3.77. The van der Waals surface area contributed by atoms with Crippen molar-refractivity contribution in [3.63, 3.8) is 0 Å². The van der Waals surface area contributed by atoms with Gasteiger partial charge < -0.3 is 4.90 Å². The van der Waals surface area contributed by atoms with Crippen molar-refractivity contribution in [1.82, 2.24) is 4.31 Å². The van der Waals surface area contributed by atoms with Gasteiger partial charge in [-0.3, -0.25) is 0 Å². The Labute approximate surface area is 129 Å². The number of hydrogen-bond acceptors (Lipinski definition) is 3. The first-order valence-corrected chi connectivity index (χ1v) is 9.39. The first-order valence-electron chi connectivity index (χ1n) is 6.82. The van der Waals surface area contributed by atoms with Crippen molar-refractivity contribution in [3.8, 4) is 0 Å². The quantitative estimate of drug-likeness (QED) is 0.732. The zero-order chi connectivity index (χ0) is 14.8. The summed E-state index contributed by atoms with van der Waals surface area (Å²) in [6.07, 6.45) is 3.51. The van der Waals surface area contributed by atoms with Gasteiger partial charge in [0.25, 0.3) is 0 Å². The fourth-order valence-corrected chi connectivity index (χ4v) is 3.87. The first kappa shape index (κ1) is 15.8. The molecule has 2 rings (SSSR count). The van der Waals surface area contributed by atoms with Crippen molar-refractivity contribution < 1.29 is 8.42 Å². The van der Waals surface area contributed by atoms with Crippen LogP contribution in [0, 0.1) is 0 Å². The standard InChI is InChI=1S/C14H21BrN2O2S/c1-16(2)20(18,19)14-9-4-3-8-13(14)17(11-10-15)12-6-5-7-12/h3-4,8-9,12H,5-7,10-11H2,1-2H3. The second-order valence-electron chi connectivity index (χ2n) is 5.22. The summed E-state index contributed by atoms with van der Waals surface area (Å²) in [6.45, 7) is 0.824. The smallest absolute Gasteiger partial charge is 0.244 e. The van der Waals surface area contributed by atoms with Crippen LogP contribution in [0.1, 0.15) is 19.3 Å². The highest BCUT2D eigenvalue weighted by atomic mass is 79.9. The highest BCUT2D eigenvalue weighted by molar-refractivity contribution is 9.09. The Hall–Kier alpha value is -0.590. The third kappa shape index (κ3) is 3.02. The van der Waals surface area contributed by atoms with Gasteiger partial charge in [-0.05, 0) is 31.4 Å². The lowest BCUT2D eigenvalue weighted by Gasteiger charge is -2.40. The number of hydrogen-bond donors (Lipinski definition) is 0. The minimum absolute atomic E-state index is 0.401. The molecule has 1 aliphatic rings. The van der Waals surface area contributed by atoms with Crippen molar-refractivity contribution in [2.75, 3.05) is 30.9 Å². The summed E-state index contributed by atoms with van der Waals surface area (Å²) in [4.78, 5) is 2.63. The number of para-hydroxylation sites is 1. The molecule has 4 nitrogen and oxygen atoms in total. The summed E-state index contributed by atoms with van der Waals surface area (Å²) in [7, 11) is -0.265. The molecule has 0 saturated heterocycles. The van der Waals surface area contributed by atoms with Gasteiger partial charge in [0.15, 0.2) is 0 Å². The molecule has 1 fully saturated rings. The zero-order valence-corrected chi connectivity index (χ0v) is 14.3. The van der Waals surface area contributed by atoms with Gasteiger partial charge in [-0.1, -0.05) is 28.1 Å². The highest BCUT2D eigenvalue weighted by Gasteiger charge is 2.29. The average Bonchev–Trinajstić information content (AvgIpc) is 2.36. The third-order valence-corrected chi connectivity index (χ3v) is 5.99. The number of nitrogens with zero attached hydrogens (tertiary/aromatic N) is 2. The second-order valence-corrected chi connectivity index (χ2v) is 8.14. The lowest BCUT2D eigenvalue weighted by Crippen LogP contribution is -2.42. The number of halogens is 1. The minimum atomic E-state index is -3.41. The molecule has 0 amide bonds. The average molecular weight is 361 g/mol. The van der Waals surface area contributed by atoms with Crippen molar-refractivity contribution >= 4 is 31.6 Å². The van der Waals surface area contributed by atoms with Crippen LogP contribution in [0.3, 0.4) is 0 Å². The van der Waals surface area contributed by atoms with Crippen LogP contribution in [0.25, 0.3) is 0 Å². The summed E-state index contributed by atoms with van der Waals surface area (Å²) in [5.41, 5.74) is 0.824. The molecule has 0 bridgehead atoms. The Morgan fingerprint density at radius 3 is 2.40 bits per heavy atom. The van der Waals surface area contributed by atoms with Crippen molar-refractivity contribution in [3.05, 3.63) is 24.3 Å². The Morgan fingerprint density at radius 1 is 1.25 bits per heavy atom. The molecule has 6 heteroatoms. The fraction of sp³-hybridized carbons (Fsp3) is 0.571.